The van der Waals surface area contributed by atoms with Crippen molar-refractivity contribution in [1.82, 2.24) is 14.5 Å². The van der Waals surface area contributed by atoms with Crippen LogP contribution in [0.2, 0.25) is 19.6 Å². The first-order valence-corrected chi connectivity index (χ1v) is 22.3. The van der Waals surface area contributed by atoms with Gasteiger partial charge in [-0.15, -0.1) is 54.1 Å². The molecule has 1 radical (unpaired) electrons. The fourth-order valence-corrected chi connectivity index (χ4v) is 8.48. The first-order chi connectivity index (χ1) is 27.3. The molecule has 0 N–H and O–H groups in total. The van der Waals surface area contributed by atoms with Crippen molar-refractivity contribution in [2.24, 2.45) is 5.41 Å². The van der Waals surface area contributed by atoms with Gasteiger partial charge in [0.25, 0.3) is 0 Å². The summed E-state index contributed by atoms with van der Waals surface area (Å²) in [5.41, 5.74) is 9.86. The Kier molecular flexibility index (Phi) is 10.4. The molecule has 3 aromatic heterocycles. The van der Waals surface area contributed by atoms with Gasteiger partial charge in [-0.3, -0.25) is 4.98 Å². The number of pyridine rings is 1. The summed E-state index contributed by atoms with van der Waals surface area (Å²) >= 11 is 0. The number of para-hydroxylation sites is 4. The largest absolute Gasteiger partial charge is 0.501 e. The second kappa shape index (κ2) is 16.0. The predicted molar refractivity (Wildman–Crippen MR) is 233 cm³/mol. The SMILES string of the molecule is [2H]C([2H])(c1cc(-c2[c-]cccc2)ncc1[Si](C)(C)C)C(C)(C)C.[Ir].[c-]1ccc2c(oc3ccccc32)c1-c1nc2ccccc2n1-c1ccccc1-c1ccccc1. The molecular formula is C50H45IrN3OSi-2. The number of furan rings is 1. The fourth-order valence-electron chi connectivity index (χ4n) is 7.08. The van der Waals surface area contributed by atoms with E-state index in [0.717, 1.165) is 83.2 Å². The Hall–Kier alpha value is -5.39. The quantitative estimate of drug-likeness (QED) is 0.123. The third-order valence-corrected chi connectivity index (χ3v) is 11.6. The topological polar surface area (TPSA) is 43.9 Å². The van der Waals surface area contributed by atoms with Gasteiger partial charge < -0.3 is 14.0 Å². The molecule has 0 amide bonds. The average Bonchev–Trinajstić information content (AvgIpc) is 3.80. The Morgan fingerprint density at radius 3 is 2.23 bits per heavy atom. The smallest absolute Gasteiger partial charge is 0.120 e. The summed E-state index contributed by atoms with van der Waals surface area (Å²) in [6.45, 7) is 12.6. The van der Waals surface area contributed by atoms with E-state index in [1.165, 1.54) is 0 Å². The van der Waals surface area contributed by atoms with Gasteiger partial charge >= 0.3 is 0 Å². The minimum absolute atomic E-state index is 0. The van der Waals surface area contributed by atoms with Gasteiger partial charge in [-0.1, -0.05) is 142 Å². The van der Waals surface area contributed by atoms with Gasteiger partial charge in [-0.2, -0.15) is 0 Å². The average molecular weight is 926 g/mol. The van der Waals surface area contributed by atoms with Gasteiger partial charge in [-0.05, 0) is 52.5 Å². The van der Waals surface area contributed by atoms with Gasteiger partial charge in [0.15, 0.2) is 0 Å². The van der Waals surface area contributed by atoms with E-state index in [4.69, 9.17) is 12.1 Å². The van der Waals surface area contributed by atoms with Crippen LogP contribution in [-0.4, -0.2) is 22.6 Å². The van der Waals surface area contributed by atoms with Gasteiger partial charge in [0, 0.05) is 45.7 Å². The number of aromatic nitrogens is 3. The van der Waals surface area contributed by atoms with E-state index in [1.807, 2.05) is 93.7 Å². The molecule has 6 heteroatoms. The monoisotopic (exact) mass is 926 g/mol. The molecule has 0 aliphatic heterocycles. The Morgan fingerprint density at radius 2 is 1.46 bits per heavy atom. The normalized spacial score (nSPS) is 12.5. The molecule has 3 heterocycles. The van der Waals surface area contributed by atoms with Crippen LogP contribution < -0.4 is 5.19 Å². The Bertz CT molecular complexity index is 2860. The van der Waals surface area contributed by atoms with Crippen molar-refractivity contribution in [3.8, 4) is 39.5 Å². The van der Waals surface area contributed by atoms with Crippen molar-refractivity contribution in [3.63, 3.8) is 0 Å². The summed E-state index contributed by atoms with van der Waals surface area (Å²) in [6.07, 6.45) is 0.469. The zero-order chi connectivity index (χ0) is 40.0. The molecule has 0 fully saturated rings. The molecule has 0 unspecified atom stereocenters. The van der Waals surface area contributed by atoms with E-state index in [1.54, 1.807) is 0 Å². The third-order valence-electron chi connectivity index (χ3n) is 9.56. The van der Waals surface area contributed by atoms with Gasteiger partial charge in [0.1, 0.15) is 5.58 Å². The number of imidazole rings is 1. The second-order valence-electron chi connectivity index (χ2n) is 15.9. The molecule has 0 saturated carbocycles. The van der Waals surface area contributed by atoms with Crippen LogP contribution in [0.4, 0.5) is 0 Å². The van der Waals surface area contributed by atoms with Crippen LogP contribution in [0, 0.1) is 17.5 Å². The Morgan fingerprint density at radius 1 is 0.750 bits per heavy atom. The van der Waals surface area contributed by atoms with Crippen LogP contribution in [0.25, 0.3) is 72.4 Å². The van der Waals surface area contributed by atoms with Crippen LogP contribution in [0.1, 0.15) is 29.1 Å². The Balaban J connectivity index is 0.000000188. The summed E-state index contributed by atoms with van der Waals surface area (Å²) in [7, 11) is -1.70. The minimum atomic E-state index is -1.70. The van der Waals surface area contributed by atoms with Crippen molar-refractivity contribution in [2.45, 2.75) is 46.8 Å². The summed E-state index contributed by atoms with van der Waals surface area (Å²) in [4.78, 5) is 9.69. The molecule has 9 aromatic rings. The predicted octanol–water partition coefficient (Wildman–Crippen LogP) is 12.7. The van der Waals surface area contributed by atoms with E-state index < -0.39 is 19.9 Å². The number of benzene rings is 6. The van der Waals surface area contributed by atoms with Crippen molar-refractivity contribution >= 4 is 46.2 Å². The number of hydrogen-bond donors (Lipinski definition) is 0. The van der Waals surface area contributed by atoms with Crippen molar-refractivity contribution < 1.29 is 27.3 Å². The van der Waals surface area contributed by atoms with Crippen LogP contribution in [0.5, 0.6) is 0 Å². The molecule has 4 nitrogen and oxygen atoms in total. The zero-order valence-corrected chi connectivity index (χ0v) is 35.9. The van der Waals surface area contributed by atoms with E-state index in [9.17, 15) is 0 Å². The maximum atomic E-state index is 8.75. The van der Waals surface area contributed by atoms with Crippen LogP contribution in [0.15, 0.2) is 156 Å². The maximum absolute atomic E-state index is 8.75. The van der Waals surface area contributed by atoms with Crippen LogP contribution in [0.3, 0.4) is 0 Å². The minimum Gasteiger partial charge on any atom is -0.501 e. The molecule has 0 atom stereocenters. The molecule has 281 valence electrons. The summed E-state index contributed by atoms with van der Waals surface area (Å²) < 4.78 is 26.1. The standard InChI is InChI=1S/C31H19N2O.C19H26NSi.Ir/c1-2-11-21(12-3-1)22-13-4-7-18-27(22)33-28-19-8-6-17-26(28)32-31(33)25-16-10-15-24-23-14-5-9-20-29(23)34-30(24)25;1-19(2,3)13-16-12-17(15-10-8-7-9-11-15)20-14-18(16)21(4,5)6;/h1-15,17-20H;7-10,12,14H,13H2,1-6H3;/q2*-1;/i;13D2;. The van der Waals surface area contributed by atoms with Crippen molar-refractivity contribution in [3.05, 3.63) is 169 Å². The number of rotatable bonds is 6. The molecule has 56 heavy (non-hydrogen) atoms. The summed E-state index contributed by atoms with van der Waals surface area (Å²) in [6, 6.07) is 55.6. The first-order valence-electron chi connectivity index (χ1n) is 19.8. The van der Waals surface area contributed by atoms with Gasteiger partial charge in [0.05, 0.1) is 30.5 Å². The van der Waals surface area contributed by atoms with Gasteiger partial charge in [-0.25, -0.2) is 0 Å². The molecule has 0 bridgehead atoms. The maximum Gasteiger partial charge on any atom is 0.120 e. The van der Waals surface area contributed by atoms with Crippen molar-refractivity contribution in [2.75, 3.05) is 0 Å². The molecular weight excluding hydrogens is 879 g/mol. The molecule has 9 rings (SSSR count). The van der Waals surface area contributed by atoms with Crippen molar-refractivity contribution in [1.29, 1.82) is 0 Å². The van der Waals surface area contributed by atoms with E-state index in [2.05, 4.69) is 120 Å². The zero-order valence-electron chi connectivity index (χ0n) is 34.5. The molecule has 0 saturated heterocycles. The fraction of sp³-hybridized carbons (Fsp3) is 0.160. The van der Waals surface area contributed by atoms with Crippen LogP contribution in [-0.2, 0) is 26.5 Å². The van der Waals surface area contributed by atoms with Crippen LogP contribution >= 0.6 is 0 Å². The van der Waals surface area contributed by atoms with E-state index in [0.29, 0.717) is 0 Å². The molecule has 0 aliphatic carbocycles. The molecule has 0 aliphatic rings. The number of fused-ring (bicyclic) bond motifs is 4. The first kappa shape index (κ1) is 36.3. The Labute approximate surface area is 347 Å². The van der Waals surface area contributed by atoms with Gasteiger partial charge in [0.2, 0.25) is 0 Å². The molecule has 6 aromatic carbocycles. The van der Waals surface area contributed by atoms with E-state index >= 15 is 0 Å². The number of hydrogen-bond acceptors (Lipinski definition) is 3. The molecule has 0 spiro atoms. The summed E-state index contributed by atoms with van der Waals surface area (Å²) in [5.74, 6) is 0.814. The third kappa shape index (κ3) is 7.96. The second-order valence-corrected chi connectivity index (χ2v) is 20.9. The summed E-state index contributed by atoms with van der Waals surface area (Å²) in [5, 5.41) is 3.26. The number of nitrogens with zero attached hydrogens (tertiary/aromatic N) is 3. The van der Waals surface area contributed by atoms with E-state index in [-0.39, 0.29) is 20.1 Å².